The average Bonchev–Trinajstić information content (AvgIpc) is 2.77. The van der Waals surface area contributed by atoms with Gasteiger partial charge in [0.25, 0.3) is 0 Å². The first-order valence-corrected chi connectivity index (χ1v) is 7.33. The third-order valence-corrected chi connectivity index (χ3v) is 3.42. The minimum atomic E-state index is 0.189. The molecular weight excluding hydrogens is 240 g/mol. The Morgan fingerprint density at radius 1 is 1.32 bits per heavy atom. The Kier molecular flexibility index (Phi) is 7.02. The average molecular weight is 268 g/mol. The molecule has 0 unspecified atom stereocenters. The van der Waals surface area contributed by atoms with E-state index in [4.69, 9.17) is 0 Å². The lowest BCUT2D eigenvalue weighted by molar-refractivity contribution is 0.131. The lowest BCUT2D eigenvalue weighted by Crippen LogP contribution is -2.37. The first-order valence-electron chi connectivity index (χ1n) is 7.33. The van der Waals surface area contributed by atoms with Crippen LogP contribution < -0.4 is 0 Å². The smallest absolute Gasteiger partial charge is 0.141 e. The second kappa shape index (κ2) is 8.27. The normalized spacial score (nSPS) is 12.0. The molecule has 0 aliphatic rings. The molecule has 0 aliphatic carbocycles. The number of hydrogen-bond donors (Lipinski definition) is 1. The van der Waals surface area contributed by atoms with Crippen molar-refractivity contribution >= 4 is 0 Å². The molecule has 1 N–H and O–H groups in total. The SMILES string of the molecule is CCC(CC)N(CCO)Cc1ncnn1CC(C)C. The molecule has 0 aliphatic heterocycles. The van der Waals surface area contributed by atoms with Crippen LogP contribution in [0.2, 0.25) is 0 Å². The minimum Gasteiger partial charge on any atom is -0.395 e. The van der Waals surface area contributed by atoms with Crippen LogP contribution in [-0.4, -0.2) is 44.0 Å². The van der Waals surface area contributed by atoms with Crippen molar-refractivity contribution in [2.24, 2.45) is 5.92 Å². The largest absolute Gasteiger partial charge is 0.395 e. The van der Waals surface area contributed by atoms with E-state index in [2.05, 4.69) is 42.7 Å². The Hall–Kier alpha value is -0.940. The lowest BCUT2D eigenvalue weighted by Gasteiger charge is -2.29. The highest BCUT2D eigenvalue weighted by molar-refractivity contribution is 4.86. The van der Waals surface area contributed by atoms with Crippen LogP contribution >= 0.6 is 0 Å². The van der Waals surface area contributed by atoms with Gasteiger partial charge in [0.2, 0.25) is 0 Å². The van der Waals surface area contributed by atoms with Crippen LogP contribution in [0.5, 0.6) is 0 Å². The maximum atomic E-state index is 9.24. The van der Waals surface area contributed by atoms with Gasteiger partial charge in [-0.15, -0.1) is 0 Å². The molecule has 5 heteroatoms. The van der Waals surface area contributed by atoms with Crippen molar-refractivity contribution in [3.8, 4) is 0 Å². The summed E-state index contributed by atoms with van der Waals surface area (Å²) in [5, 5.41) is 13.5. The summed E-state index contributed by atoms with van der Waals surface area (Å²) in [7, 11) is 0. The summed E-state index contributed by atoms with van der Waals surface area (Å²) in [6.07, 6.45) is 3.81. The molecule has 1 heterocycles. The highest BCUT2D eigenvalue weighted by Crippen LogP contribution is 2.12. The molecule has 0 saturated carbocycles. The molecule has 1 aromatic heterocycles. The van der Waals surface area contributed by atoms with Gasteiger partial charge in [0.1, 0.15) is 12.2 Å². The molecule has 110 valence electrons. The quantitative estimate of drug-likeness (QED) is 0.743. The molecule has 1 rings (SSSR count). The van der Waals surface area contributed by atoms with Crippen molar-refractivity contribution in [1.82, 2.24) is 19.7 Å². The van der Waals surface area contributed by atoms with Crippen LogP contribution in [0, 0.1) is 5.92 Å². The zero-order valence-corrected chi connectivity index (χ0v) is 12.7. The summed E-state index contributed by atoms with van der Waals surface area (Å²) < 4.78 is 1.98. The number of aromatic nitrogens is 3. The molecule has 5 nitrogen and oxygen atoms in total. The van der Waals surface area contributed by atoms with Crippen molar-refractivity contribution in [3.05, 3.63) is 12.2 Å². The molecule has 0 saturated heterocycles. The third kappa shape index (κ3) is 4.91. The minimum absolute atomic E-state index is 0.189. The van der Waals surface area contributed by atoms with Crippen molar-refractivity contribution in [2.75, 3.05) is 13.2 Å². The fourth-order valence-electron chi connectivity index (χ4n) is 2.41. The highest BCUT2D eigenvalue weighted by Gasteiger charge is 2.17. The zero-order chi connectivity index (χ0) is 14.3. The van der Waals surface area contributed by atoms with Gasteiger partial charge in [-0.25, -0.2) is 9.67 Å². The predicted octanol–water partition coefficient (Wildman–Crippen LogP) is 1.92. The van der Waals surface area contributed by atoms with E-state index in [-0.39, 0.29) is 6.61 Å². The molecule has 0 amide bonds. The van der Waals surface area contributed by atoms with E-state index in [1.807, 2.05) is 4.68 Å². The molecular formula is C14H28N4O. The van der Waals surface area contributed by atoms with Crippen LogP contribution in [0.1, 0.15) is 46.4 Å². The van der Waals surface area contributed by atoms with Gasteiger partial charge in [0, 0.05) is 19.1 Å². The monoisotopic (exact) mass is 268 g/mol. The van der Waals surface area contributed by atoms with E-state index in [0.717, 1.165) is 31.8 Å². The van der Waals surface area contributed by atoms with Gasteiger partial charge in [-0.05, 0) is 18.8 Å². The Morgan fingerprint density at radius 2 is 2.00 bits per heavy atom. The van der Waals surface area contributed by atoms with E-state index in [1.54, 1.807) is 6.33 Å². The molecule has 19 heavy (non-hydrogen) atoms. The Bertz CT molecular complexity index is 347. The number of hydrogen-bond acceptors (Lipinski definition) is 4. The van der Waals surface area contributed by atoms with Gasteiger partial charge in [0.05, 0.1) is 13.2 Å². The van der Waals surface area contributed by atoms with Gasteiger partial charge in [-0.1, -0.05) is 27.7 Å². The summed E-state index contributed by atoms with van der Waals surface area (Å²) in [5.41, 5.74) is 0. The molecule has 0 spiro atoms. The Morgan fingerprint density at radius 3 is 2.53 bits per heavy atom. The van der Waals surface area contributed by atoms with Gasteiger partial charge >= 0.3 is 0 Å². The van der Waals surface area contributed by atoms with Crippen molar-refractivity contribution in [1.29, 1.82) is 0 Å². The van der Waals surface area contributed by atoms with E-state index in [9.17, 15) is 5.11 Å². The maximum absolute atomic E-state index is 9.24. The van der Waals surface area contributed by atoms with Crippen LogP contribution in [0.4, 0.5) is 0 Å². The van der Waals surface area contributed by atoms with Gasteiger partial charge in [-0.3, -0.25) is 4.90 Å². The maximum Gasteiger partial charge on any atom is 0.141 e. The molecule has 0 fully saturated rings. The van der Waals surface area contributed by atoms with E-state index in [1.165, 1.54) is 0 Å². The summed E-state index contributed by atoms with van der Waals surface area (Å²) in [6, 6.07) is 0.497. The molecule has 0 aromatic carbocycles. The molecule has 0 bridgehead atoms. The fourth-order valence-corrected chi connectivity index (χ4v) is 2.41. The van der Waals surface area contributed by atoms with Crippen LogP contribution in [0.25, 0.3) is 0 Å². The van der Waals surface area contributed by atoms with E-state index < -0.39 is 0 Å². The Balaban J connectivity index is 2.75. The summed E-state index contributed by atoms with van der Waals surface area (Å²) in [5.74, 6) is 1.55. The summed E-state index contributed by atoms with van der Waals surface area (Å²) in [4.78, 5) is 6.68. The second-order valence-electron chi connectivity index (χ2n) is 5.42. The number of rotatable bonds is 9. The topological polar surface area (TPSA) is 54.2 Å². The van der Waals surface area contributed by atoms with Crippen LogP contribution in [0.3, 0.4) is 0 Å². The van der Waals surface area contributed by atoms with E-state index in [0.29, 0.717) is 18.5 Å². The first kappa shape index (κ1) is 16.1. The van der Waals surface area contributed by atoms with Crippen molar-refractivity contribution < 1.29 is 5.11 Å². The summed E-state index contributed by atoms with van der Waals surface area (Å²) >= 11 is 0. The molecule has 0 atom stereocenters. The molecule has 0 radical (unpaired) electrons. The second-order valence-corrected chi connectivity index (χ2v) is 5.42. The lowest BCUT2D eigenvalue weighted by atomic mass is 10.1. The number of aliphatic hydroxyl groups excluding tert-OH is 1. The van der Waals surface area contributed by atoms with Crippen molar-refractivity contribution in [3.63, 3.8) is 0 Å². The van der Waals surface area contributed by atoms with Crippen molar-refractivity contribution in [2.45, 2.75) is 59.7 Å². The highest BCUT2D eigenvalue weighted by atomic mass is 16.3. The third-order valence-electron chi connectivity index (χ3n) is 3.42. The standard InChI is InChI=1S/C14H28N4O/c1-5-13(6-2)17(7-8-19)10-14-15-11-16-18(14)9-12(3)4/h11-13,19H,5-10H2,1-4H3. The zero-order valence-electron chi connectivity index (χ0n) is 12.7. The van der Waals surface area contributed by atoms with Gasteiger partial charge in [-0.2, -0.15) is 5.10 Å². The van der Waals surface area contributed by atoms with Crippen LogP contribution in [-0.2, 0) is 13.1 Å². The fraction of sp³-hybridized carbons (Fsp3) is 0.857. The van der Waals surface area contributed by atoms with Gasteiger partial charge in [0.15, 0.2) is 0 Å². The van der Waals surface area contributed by atoms with Gasteiger partial charge < -0.3 is 5.11 Å². The van der Waals surface area contributed by atoms with Crippen LogP contribution in [0.15, 0.2) is 6.33 Å². The Labute approximate surface area is 116 Å². The molecule has 1 aromatic rings. The number of aliphatic hydroxyl groups is 1. The summed E-state index contributed by atoms with van der Waals surface area (Å²) in [6.45, 7) is 11.3. The first-order chi connectivity index (χ1) is 9.12. The predicted molar refractivity (Wildman–Crippen MR) is 76.7 cm³/mol. The number of nitrogens with zero attached hydrogens (tertiary/aromatic N) is 4. The van der Waals surface area contributed by atoms with E-state index >= 15 is 0 Å².